The molecule has 2 atom stereocenters. The molecule has 0 spiro atoms. The minimum absolute atomic E-state index is 0.1000. The van der Waals surface area contributed by atoms with Gasteiger partial charge in [-0.25, -0.2) is 5.48 Å². The molecule has 0 radical (unpaired) electrons. The maximum absolute atomic E-state index is 12.7. The highest BCUT2D eigenvalue weighted by Crippen LogP contribution is 2.33. The van der Waals surface area contributed by atoms with E-state index in [0.29, 0.717) is 18.4 Å². The first kappa shape index (κ1) is 22.9. The predicted molar refractivity (Wildman–Crippen MR) is 108 cm³/mol. The third-order valence-corrected chi connectivity index (χ3v) is 6.78. The van der Waals surface area contributed by atoms with E-state index in [1.54, 1.807) is 5.48 Å². The van der Waals surface area contributed by atoms with E-state index in [0.717, 1.165) is 32.1 Å². The average molecular weight is 395 g/mol. The van der Waals surface area contributed by atoms with Gasteiger partial charge in [0.05, 0.1) is 0 Å². The van der Waals surface area contributed by atoms with Crippen LogP contribution in [0.25, 0.3) is 0 Å². The van der Waals surface area contributed by atoms with Gasteiger partial charge >= 0.3 is 0 Å². The Kier molecular flexibility index (Phi) is 9.96. The van der Waals surface area contributed by atoms with E-state index in [-0.39, 0.29) is 37.0 Å². The molecule has 2 aliphatic carbocycles. The summed E-state index contributed by atoms with van der Waals surface area (Å²) in [7, 11) is 0. The molecule has 2 N–H and O–H groups in total. The summed E-state index contributed by atoms with van der Waals surface area (Å²) in [6.45, 7) is 2.52. The maximum Gasteiger partial charge on any atom is 0.262 e. The number of nitrogens with zero attached hydrogens (tertiary/aromatic N) is 1. The Labute approximate surface area is 169 Å². The summed E-state index contributed by atoms with van der Waals surface area (Å²) >= 11 is 0. The van der Waals surface area contributed by atoms with Gasteiger partial charge in [0.15, 0.2) is 0 Å². The Hall–Kier alpha value is -1.43. The molecule has 0 aromatic carbocycles. The molecule has 2 rings (SSSR count). The van der Waals surface area contributed by atoms with Gasteiger partial charge in [-0.2, -0.15) is 0 Å². The lowest BCUT2D eigenvalue weighted by atomic mass is 9.75. The standard InChI is InChI=1S/C22H38N2O4/c1-2-18-10-6-7-11-19(18)20(25)12-13-22(27)24(16-21(26)23-28)15-14-17-8-4-3-5-9-17/h17-19,28H,2-16H2,1H3,(H,23,26). The third-order valence-electron chi connectivity index (χ3n) is 6.78. The minimum Gasteiger partial charge on any atom is -0.333 e. The summed E-state index contributed by atoms with van der Waals surface area (Å²) in [5.41, 5.74) is 1.62. The van der Waals surface area contributed by atoms with Crippen LogP contribution >= 0.6 is 0 Å². The molecule has 2 aliphatic rings. The van der Waals surface area contributed by atoms with Gasteiger partial charge < -0.3 is 4.90 Å². The second-order valence-corrected chi connectivity index (χ2v) is 8.67. The van der Waals surface area contributed by atoms with E-state index in [9.17, 15) is 14.4 Å². The SMILES string of the molecule is CCC1CCCCC1C(=O)CCC(=O)N(CCC1CCCCC1)CC(=O)NO. The number of Topliss-reactive ketones (excluding diaryl/α,β-unsaturated/α-hetero) is 1. The molecule has 2 saturated carbocycles. The number of nitrogens with one attached hydrogen (secondary N) is 1. The highest BCUT2D eigenvalue weighted by atomic mass is 16.5. The molecule has 0 saturated heterocycles. The zero-order valence-electron chi connectivity index (χ0n) is 17.5. The van der Waals surface area contributed by atoms with Crippen molar-refractivity contribution in [3.63, 3.8) is 0 Å². The van der Waals surface area contributed by atoms with Gasteiger partial charge in [0.1, 0.15) is 12.3 Å². The third kappa shape index (κ3) is 7.19. The predicted octanol–water partition coefficient (Wildman–Crippen LogP) is 3.86. The lowest BCUT2D eigenvalue weighted by Crippen LogP contribution is -2.41. The summed E-state index contributed by atoms with van der Waals surface area (Å²) in [5.74, 6) is 0.634. The molecule has 0 aliphatic heterocycles. The largest absolute Gasteiger partial charge is 0.333 e. The molecule has 160 valence electrons. The molecule has 2 fully saturated rings. The molecule has 6 nitrogen and oxygen atoms in total. The number of amides is 2. The second-order valence-electron chi connectivity index (χ2n) is 8.67. The van der Waals surface area contributed by atoms with Crippen LogP contribution < -0.4 is 5.48 Å². The molecule has 6 heteroatoms. The number of carbonyl (C=O) groups excluding carboxylic acids is 3. The van der Waals surface area contributed by atoms with Crippen molar-refractivity contribution in [1.82, 2.24) is 10.4 Å². The summed E-state index contributed by atoms with van der Waals surface area (Å²) in [6.07, 6.45) is 12.8. The van der Waals surface area contributed by atoms with Crippen LogP contribution in [0.3, 0.4) is 0 Å². The van der Waals surface area contributed by atoms with Crippen LogP contribution in [0, 0.1) is 17.8 Å². The Morgan fingerprint density at radius 3 is 2.32 bits per heavy atom. The van der Waals surface area contributed by atoms with Crippen LogP contribution in [0.2, 0.25) is 0 Å². The Balaban J connectivity index is 1.85. The molecule has 0 heterocycles. The van der Waals surface area contributed by atoms with Gasteiger partial charge in [0, 0.05) is 25.3 Å². The molecular weight excluding hydrogens is 356 g/mol. The Morgan fingerprint density at radius 1 is 0.964 bits per heavy atom. The van der Waals surface area contributed by atoms with E-state index in [2.05, 4.69) is 6.92 Å². The van der Waals surface area contributed by atoms with Crippen LogP contribution in [0.5, 0.6) is 0 Å². The first-order valence-electron chi connectivity index (χ1n) is 11.3. The highest BCUT2D eigenvalue weighted by molar-refractivity contribution is 5.88. The second kappa shape index (κ2) is 12.2. The van der Waals surface area contributed by atoms with Crippen LogP contribution in [0.1, 0.15) is 90.4 Å². The van der Waals surface area contributed by atoms with Crippen molar-refractivity contribution in [2.75, 3.05) is 13.1 Å². The molecule has 0 aromatic heterocycles. The summed E-state index contributed by atoms with van der Waals surface area (Å²) in [5, 5.41) is 8.84. The normalized spacial score (nSPS) is 23.2. The number of carbonyl (C=O) groups is 3. The molecule has 0 aromatic rings. The zero-order chi connectivity index (χ0) is 20.4. The van der Waals surface area contributed by atoms with Crippen LogP contribution in [0.15, 0.2) is 0 Å². The number of ketones is 1. The topological polar surface area (TPSA) is 86.7 Å². The number of hydrogen-bond acceptors (Lipinski definition) is 4. The fourth-order valence-corrected chi connectivity index (χ4v) is 5.01. The summed E-state index contributed by atoms with van der Waals surface area (Å²) in [6, 6.07) is 0. The van der Waals surface area contributed by atoms with Crippen molar-refractivity contribution in [2.24, 2.45) is 17.8 Å². The highest BCUT2D eigenvalue weighted by Gasteiger charge is 2.30. The fraction of sp³-hybridized carbons (Fsp3) is 0.864. The maximum atomic E-state index is 12.7. The summed E-state index contributed by atoms with van der Waals surface area (Å²) in [4.78, 5) is 38.5. The first-order valence-corrected chi connectivity index (χ1v) is 11.3. The van der Waals surface area contributed by atoms with E-state index in [1.165, 1.54) is 43.4 Å². The fourth-order valence-electron chi connectivity index (χ4n) is 5.01. The lowest BCUT2D eigenvalue weighted by Gasteiger charge is -2.30. The zero-order valence-corrected chi connectivity index (χ0v) is 17.5. The van der Waals surface area contributed by atoms with Gasteiger partial charge in [-0.3, -0.25) is 19.6 Å². The van der Waals surface area contributed by atoms with Gasteiger partial charge in [-0.1, -0.05) is 58.3 Å². The lowest BCUT2D eigenvalue weighted by molar-refractivity contribution is -0.140. The van der Waals surface area contributed by atoms with E-state index in [4.69, 9.17) is 5.21 Å². The number of hydroxylamine groups is 1. The molecule has 0 bridgehead atoms. The average Bonchev–Trinajstić information content (AvgIpc) is 2.75. The van der Waals surface area contributed by atoms with E-state index in [1.807, 2.05) is 0 Å². The number of rotatable bonds is 10. The minimum atomic E-state index is -0.582. The summed E-state index contributed by atoms with van der Waals surface area (Å²) < 4.78 is 0. The van der Waals surface area contributed by atoms with Crippen molar-refractivity contribution in [3.8, 4) is 0 Å². The molecule has 28 heavy (non-hydrogen) atoms. The van der Waals surface area contributed by atoms with Crippen molar-refractivity contribution >= 4 is 17.6 Å². The quantitative estimate of drug-likeness (QED) is 0.435. The van der Waals surface area contributed by atoms with E-state index >= 15 is 0 Å². The van der Waals surface area contributed by atoms with Gasteiger partial charge in [0.25, 0.3) is 5.91 Å². The van der Waals surface area contributed by atoms with Crippen molar-refractivity contribution in [1.29, 1.82) is 0 Å². The Bertz CT molecular complexity index is 517. The van der Waals surface area contributed by atoms with Crippen LogP contribution in [0.4, 0.5) is 0 Å². The first-order chi connectivity index (χ1) is 13.5. The van der Waals surface area contributed by atoms with Crippen LogP contribution in [-0.4, -0.2) is 40.8 Å². The van der Waals surface area contributed by atoms with Gasteiger partial charge in [0.2, 0.25) is 5.91 Å². The van der Waals surface area contributed by atoms with Gasteiger partial charge in [-0.15, -0.1) is 0 Å². The smallest absolute Gasteiger partial charge is 0.262 e. The monoisotopic (exact) mass is 394 g/mol. The molecule has 2 amide bonds. The van der Waals surface area contributed by atoms with Crippen molar-refractivity contribution < 1.29 is 19.6 Å². The van der Waals surface area contributed by atoms with E-state index < -0.39 is 5.91 Å². The van der Waals surface area contributed by atoms with Crippen LogP contribution in [-0.2, 0) is 14.4 Å². The van der Waals surface area contributed by atoms with Crippen molar-refractivity contribution in [3.05, 3.63) is 0 Å². The molecular formula is C22H38N2O4. The Morgan fingerprint density at radius 2 is 1.64 bits per heavy atom. The molecule has 2 unspecified atom stereocenters. The van der Waals surface area contributed by atoms with Crippen molar-refractivity contribution in [2.45, 2.75) is 90.4 Å². The number of hydrogen-bond donors (Lipinski definition) is 2. The van der Waals surface area contributed by atoms with Gasteiger partial charge in [-0.05, 0) is 31.1 Å².